The van der Waals surface area contributed by atoms with Crippen LogP contribution in [0.5, 0.6) is 5.75 Å². The lowest BCUT2D eigenvalue weighted by Crippen LogP contribution is -2.30. The number of benzene rings is 1. The maximum atomic E-state index is 12.3. The Bertz CT molecular complexity index is 707. The van der Waals surface area contributed by atoms with E-state index < -0.39 is 0 Å². The lowest BCUT2D eigenvalue weighted by atomic mass is 10.1. The highest BCUT2D eigenvalue weighted by Gasteiger charge is 2.16. The molecule has 1 amide bonds. The fourth-order valence-electron chi connectivity index (χ4n) is 2.15. The van der Waals surface area contributed by atoms with Gasteiger partial charge in [-0.15, -0.1) is 0 Å². The van der Waals surface area contributed by atoms with Gasteiger partial charge in [-0.3, -0.25) is 9.59 Å². The van der Waals surface area contributed by atoms with E-state index in [2.05, 4.69) is 4.98 Å². The quantitative estimate of drug-likeness (QED) is 0.934. The Morgan fingerprint density at radius 1 is 1.33 bits per heavy atom. The van der Waals surface area contributed by atoms with Crippen molar-refractivity contribution in [1.82, 2.24) is 9.88 Å². The number of methoxy groups -OCH3 is 1. The number of carbonyl (C=O) groups excluding carboxylic acids is 1. The number of H-pyrrole nitrogens is 1. The molecular formula is C16H18N2O3. The average molecular weight is 286 g/mol. The summed E-state index contributed by atoms with van der Waals surface area (Å²) < 4.78 is 5.30. The minimum absolute atomic E-state index is 0.131. The van der Waals surface area contributed by atoms with Gasteiger partial charge in [0.15, 0.2) is 5.43 Å². The number of amides is 1. The second-order valence-corrected chi connectivity index (χ2v) is 4.90. The number of hydrogen-bond acceptors (Lipinski definition) is 3. The van der Waals surface area contributed by atoms with Gasteiger partial charge in [0, 0.05) is 37.6 Å². The number of nitrogens with zero attached hydrogens (tertiary/aromatic N) is 1. The third-order valence-electron chi connectivity index (χ3n) is 3.24. The number of hydrogen-bond donors (Lipinski definition) is 1. The van der Waals surface area contributed by atoms with Crippen LogP contribution >= 0.6 is 0 Å². The molecule has 0 bridgehead atoms. The first-order valence-corrected chi connectivity index (χ1v) is 6.59. The molecule has 2 aromatic rings. The smallest absolute Gasteiger partial charge is 0.259 e. The van der Waals surface area contributed by atoms with Gasteiger partial charge in [0.1, 0.15) is 11.3 Å². The van der Waals surface area contributed by atoms with E-state index >= 15 is 0 Å². The first-order chi connectivity index (χ1) is 10.0. The maximum absolute atomic E-state index is 12.3. The molecule has 0 saturated heterocycles. The van der Waals surface area contributed by atoms with Crippen molar-refractivity contribution in [2.24, 2.45) is 0 Å². The summed E-state index contributed by atoms with van der Waals surface area (Å²) in [6, 6.07) is 7.14. The molecule has 0 saturated carbocycles. The summed E-state index contributed by atoms with van der Waals surface area (Å²) in [6.45, 7) is 2.35. The van der Waals surface area contributed by atoms with E-state index in [1.165, 1.54) is 23.4 Å². The van der Waals surface area contributed by atoms with Crippen molar-refractivity contribution in [1.29, 1.82) is 0 Å². The number of ether oxygens (including phenoxy) is 1. The predicted molar refractivity (Wildman–Crippen MR) is 80.6 cm³/mol. The lowest BCUT2D eigenvalue weighted by Gasteiger charge is -2.19. The van der Waals surface area contributed by atoms with Gasteiger partial charge < -0.3 is 14.6 Å². The van der Waals surface area contributed by atoms with E-state index in [0.717, 1.165) is 16.9 Å². The van der Waals surface area contributed by atoms with Crippen LogP contribution in [-0.4, -0.2) is 29.9 Å². The van der Waals surface area contributed by atoms with Crippen molar-refractivity contribution in [3.8, 4) is 5.75 Å². The third-order valence-corrected chi connectivity index (χ3v) is 3.24. The van der Waals surface area contributed by atoms with Crippen LogP contribution < -0.4 is 10.2 Å². The van der Waals surface area contributed by atoms with Crippen LogP contribution in [0.1, 0.15) is 21.5 Å². The molecule has 21 heavy (non-hydrogen) atoms. The predicted octanol–water partition coefficient (Wildman–Crippen LogP) is 1.96. The highest BCUT2D eigenvalue weighted by Crippen LogP contribution is 2.21. The zero-order valence-electron chi connectivity index (χ0n) is 12.3. The molecule has 5 heteroatoms. The van der Waals surface area contributed by atoms with E-state index in [0.29, 0.717) is 6.54 Å². The largest absolute Gasteiger partial charge is 0.496 e. The van der Waals surface area contributed by atoms with E-state index in [4.69, 9.17) is 4.74 Å². The Labute approximate surface area is 123 Å². The Kier molecular flexibility index (Phi) is 4.42. The van der Waals surface area contributed by atoms with Gasteiger partial charge in [-0.1, -0.05) is 17.7 Å². The van der Waals surface area contributed by atoms with E-state index in [1.54, 1.807) is 14.2 Å². The molecule has 0 unspecified atom stereocenters. The minimum Gasteiger partial charge on any atom is -0.496 e. The van der Waals surface area contributed by atoms with Crippen molar-refractivity contribution in [2.75, 3.05) is 14.2 Å². The molecule has 1 aromatic carbocycles. The summed E-state index contributed by atoms with van der Waals surface area (Å²) in [5.41, 5.74) is 1.83. The molecule has 0 spiro atoms. The monoisotopic (exact) mass is 286 g/mol. The average Bonchev–Trinajstić information content (AvgIpc) is 2.47. The molecule has 0 radical (unpaired) electrons. The number of aromatic nitrogens is 1. The fraction of sp³-hybridized carbons (Fsp3) is 0.250. The molecule has 0 fully saturated rings. The van der Waals surface area contributed by atoms with Gasteiger partial charge >= 0.3 is 0 Å². The summed E-state index contributed by atoms with van der Waals surface area (Å²) in [5, 5.41) is 0. The Morgan fingerprint density at radius 3 is 2.76 bits per heavy atom. The highest BCUT2D eigenvalue weighted by molar-refractivity contribution is 5.93. The number of carbonyl (C=O) groups is 1. The van der Waals surface area contributed by atoms with Crippen LogP contribution in [0, 0.1) is 6.92 Å². The van der Waals surface area contributed by atoms with Crippen molar-refractivity contribution < 1.29 is 9.53 Å². The van der Waals surface area contributed by atoms with Gasteiger partial charge in [0.2, 0.25) is 0 Å². The van der Waals surface area contributed by atoms with Crippen LogP contribution in [0.15, 0.2) is 41.5 Å². The van der Waals surface area contributed by atoms with Gasteiger partial charge in [0.25, 0.3) is 5.91 Å². The normalized spacial score (nSPS) is 10.2. The molecule has 0 aliphatic rings. The molecular weight excluding hydrogens is 268 g/mol. The molecule has 1 N–H and O–H groups in total. The SMILES string of the molecule is COc1ccc(C)cc1CN(C)C(=O)c1c[nH]ccc1=O. The lowest BCUT2D eigenvalue weighted by molar-refractivity contribution is 0.0782. The van der Waals surface area contributed by atoms with Crippen LogP contribution in [0.3, 0.4) is 0 Å². The molecule has 0 atom stereocenters. The van der Waals surface area contributed by atoms with Crippen molar-refractivity contribution in [3.05, 3.63) is 63.6 Å². The zero-order valence-corrected chi connectivity index (χ0v) is 12.3. The maximum Gasteiger partial charge on any atom is 0.259 e. The van der Waals surface area contributed by atoms with Gasteiger partial charge in [-0.05, 0) is 13.0 Å². The zero-order chi connectivity index (χ0) is 15.4. The number of rotatable bonds is 4. The molecule has 110 valence electrons. The number of aryl methyl sites for hydroxylation is 1. The summed E-state index contributed by atoms with van der Waals surface area (Å²) in [6.07, 6.45) is 2.93. The fourth-order valence-corrected chi connectivity index (χ4v) is 2.15. The standard InChI is InChI=1S/C16H18N2O3/c1-11-4-5-15(21-3)12(8-11)10-18(2)16(20)13-9-17-7-6-14(13)19/h4-9H,10H2,1-3H3,(H,17,19). The molecule has 1 aromatic heterocycles. The number of pyridine rings is 1. The third kappa shape index (κ3) is 3.31. The van der Waals surface area contributed by atoms with Crippen LogP contribution in [-0.2, 0) is 6.54 Å². The molecule has 2 rings (SSSR count). The van der Waals surface area contributed by atoms with Gasteiger partial charge in [0.05, 0.1) is 7.11 Å². The second kappa shape index (κ2) is 6.26. The van der Waals surface area contributed by atoms with E-state index in [1.807, 2.05) is 25.1 Å². The summed E-state index contributed by atoms with van der Waals surface area (Å²) in [4.78, 5) is 28.3. The van der Waals surface area contributed by atoms with Crippen molar-refractivity contribution in [3.63, 3.8) is 0 Å². The first-order valence-electron chi connectivity index (χ1n) is 6.59. The first kappa shape index (κ1) is 14.8. The van der Waals surface area contributed by atoms with Crippen molar-refractivity contribution >= 4 is 5.91 Å². The summed E-state index contributed by atoms with van der Waals surface area (Å²) >= 11 is 0. The second-order valence-electron chi connectivity index (χ2n) is 4.90. The summed E-state index contributed by atoms with van der Waals surface area (Å²) in [7, 11) is 3.26. The van der Waals surface area contributed by atoms with E-state index in [9.17, 15) is 9.59 Å². The number of aromatic amines is 1. The topological polar surface area (TPSA) is 62.4 Å². The number of nitrogens with one attached hydrogen (secondary N) is 1. The van der Waals surface area contributed by atoms with E-state index in [-0.39, 0.29) is 16.9 Å². The Morgan fingerprint density at radius 2 is 2.10 bits per heavy atom. The van der Waals surface area contributed by atoms with Gasteiger partial charge in [-0.2, -0.15) is 0 Å². The van der Waals surface area contributed by atoms with Crippen LogP contribution in [0.25, 0.3) is 0 Å². The molecule has 0 aliphatic carbocycles. The Balaban J connectivity index is 2.24. The highest BCUT2D eigenvalue weighted by atomic mass is 16.5. The van der Waals surface area contributed by atoms with Crippen molar-refractivity contribution in [2.45, 2.75) is 13.5 Å². The minimum atomic E-state index is -0.319. The molecule has 0 aliphatic heterocycles. The van der Waals surface area contributed by atoms with Crippen LogP contribution in [0.2, 0.25) is 0 Å². The van der Waals surface area contributed by atoms with Gasteiger partial charge in [-0.25, -0.2) is 0 Å². The molecule has 1 heterocycles. The summed E-state index contributed by atoms with van der Waals surface area (Å²) in [5.74, 6) is 0.405. The Hall–Kier alpha value is -2.56. The van der Waals surface area contributed by atoms with Crippen LogP contribution in [0.4, 0.5) is 0 Å². The molecule has 5 nitrogen and oxygen atoms in total.